The van der Waals surface area contributed by atoms with Crippen LogP contribution in [-0.4, -0.2) is 41.1 Å². The van der Waals surface area contributed by atoms with E-state index in [1.165, 1.54) is 0 Å². The lowest BCUT2D eigenvalue weighted by Crippen LogP contribution is -2.55. The first-order chi connectivity index (χ1) is 6.54. The van der Waals surface area contributed by atoms with Gasteiger partial charge in [-0.25, -0.2) is 0 Å². The van der Waals surface area contributed by atoms with E-state index in [1.54, 1.807) is 11.8 Å². The Labute approximate surface area is 85.1 Å². The van der Waals surface area contributed by atoms with Crippen molar-refractivity contribution in [2.24, 2.45) is 11.7 Å². The Balaban J connectivity index is 2.60. The van der Waals surface area contributed by atoms with Crippen LogP contribution in [0.25, 0.3) is 0 Å². The number of nitrogens with zero attached hydrogens (tertiary/aromatic N) is 1. The number of rotatable bonds is 5. The van der Waals surface area contributed by atoms with Gasteiger partial charge < -0.3 is 15.7 Å². The monoisotopic (exact) mass is 200 g/mol. The highest BCUT2D eigenvalue weighted by atomic mass is 16.3. The van der Waals surface area contributed by atoms with Gasteiger partial charge in [-0.15, -0.1) is 0 Å². The molecule has 0 aromatic rings. The second kappa shape index (κ2) is 4.28. The van der Waals surface area contributed by atoms with Crippen LogP contribution in [0.5, 0.6) is 0 Å². The Kier molecular flexibility index (Phi) is 3.50. The lowest BCUT2D eigenvalue weighted by atomic mass is 9.95. The standard InChI is InChI=1S/C10H20N2O2/c1-3-12(6-7-13)9(14)10(2,11)8-4-5-8/h8,13H,3-7,11H2,1-2H3. The van der Waals surface area contributed by atoms with Gasteiger partial charge in [-0.05, 0) is 32.6 Å². The SMILES string of the molecule is CCN(CCO)C(=O)C(C)(N)C1CC1. The maximum Gasteiger partial charge on any atom is 0.242 e. The molecule has 1 fully saturated rings. The number of hydrogen-bond donors (Lipinski definition) is 2. The number of aliphatic hydroxyl groups excluding tert-OH is 1. The van der Waals surface area contributed by atoms with E-state index in [0.29, 0.717) is 19.0 Å². The molecular weight excluding hydrogens is 180 g/mol. The number of nitrogens with two attached hydrogens (primary N) is 1. The minimum atomic E-state index is -0.731. The molecule has 4 nitrogen and oxygen atoms in total. The smallest absolute Gasteiger partial charge is 0.242 e. The van der Waals surface area contributed by atoms with Crippen molar-refractivity contribution in [1.29, 1.82) is 0 Å². The van der Waals surface area contributed by atoms with E-state index in [1.807, 2.05) is 6.92 Å². The van der Waals surface area contributed by atoms with Crippen LogP contribution in [0.4, 0.5) is 0 Å². The molecule has 0 spiro atoms. The summed E-state index contributed by atoms with van der Waals surface area (Å²) in [6.07, 6.45) is 2.10. The summed E-state index contributed by atoms with van der Waals surface area (Å²) in [4.78, 5) is 13.6. The molecule has 0 saturated heterocycles. The molecule has 14 heavy (non-hydrogen) atoms. The molecule has 0 aliphatic heterocycles. The molecule has 4 heteroatoms. The molecule has 1 unspecified atom stereocenters. The Morgan fingerprint density at radius 2 is 2.21 bits per heavy atom. The largest absolute Gasteiger partial charge is 0.395 e. The fourth-order valence-corrected chi connectivity index (χ4v) is 1.72. The molecule has 0 aromatic heterocycles. The lowest BCUT2D eigenvalue weighted by molar-refractivity contribution is -0.137. The number of hydrogen-bond acceptors (Lipinski definition) is 3. The van der Waals surface area contributed by atoms with Gasteiger partial charge in [0.15, 0.2) is 0 Å². The van der Waals surface area contributed by atoms with Gasteiger partial charge in [0.05, 0.1) is 12.1 Å². The maximum atomic E-state index is 12.0. The first-order valence-corrected chi connectivity index (χ1v) is 5.23. The van der Waals surface area contributed by atoms with E-state index in [2.05, 4.69) is 0 Å². The topological polar surface area (TPSA) is 66.6 Å². The van der Waals surface area contributed by atoms with Crippen molar-refractivity contribution in [2.75, 3.05) is 19.7 Å². The third-order valence-electron chi connectivity index (χ3n) is 2.93. The Bertz CT molecular complexity index is 212. The minimum Gasteiger partial charge on any atom is -0.395 e. The fourth-order valence-electron chi connectivity index (χ4n) is 1.72. The summed E-state index contributed by atoms with van der Waals surface area (Å²) in [5, 5.41) is 8.80. The Morgan fingerprint density at radius 3 is 2.57 bits per heavy atom. The van der Waals surface area contributed by atoms with Crippen LogP contribution in [0.2, 0.25) is 0 Å². The van der Waals surface area contributed by atoms with E-state index in [-0.39, 0.29) is 12.5 Å². The number of aliphatic hydroxyl groups is 1. The van der Waals surface area contributed by atoms with Crippen LogP contribution in [0.3, 0.4) is 0 Å². The van der Waals surface area contributed by atoms with Crippen LogP contribution in [-0.2, 0) is 4.79 Å². The van der Waals surface area contributed by atoms with Crippen molar-refractivity contribution in [2.45, 2.75) is 32.2 Å². The second-order valence-corrected chi connectivity index (χ2v) is 4.17. The molecule has 3 N–H and O–H groups in total. The van der Waals surface area contributed by atoms with Crippen LogP contribution in [0, 0.1) is 5.92 Å². The summed E-state index contributed by atoms with van der Waals surface area (Å²) in [6.45, 7) is 4.69. The van der Waals surface area contributed by atoms with Crippen LogP contribution in [0.1, 0.15) is 26.7 Å². The van der Waals surface area contributed by atoms with Gasteiger partial charge in [0, 0.05) is 13.1 Å². The fraction of sp³-hybridized carbons (Fsp3) is 0.900. The summed E-state index contributed by atoms with van der Waals surface area (Å²) >= 11 is 0. The van der Waals surface area contributed by atoms with Crippen LogP contribution < -0.4 is 5.73 Å². The van der Waals surface area contributed by atoms with E-state index in [0.717, 1.165) is 12.8 Å². The molecule has 1 amide bonds. The summed E-state index contributed by atoms with van der Waals surface area (Å²) in [5.74, 6) is 0.305. The molecule has 1 atom stereocenters. The highest BCUT2D eigenvalue weighted by Crippen LogP contribution is 2.38. The lowest BCUT2D eigenvalue weighted by Gasteiger charge is -2.30. The third kappa shape index (κ3) is 2.25. The van der Waals surface area contributed by atoms with E-state index in [4.69, 9.17) is 10.8 Å². The summed E-state index contributed by atoms with van der Waals surface area (Å²) in [5.41, 5.74) is 5.27. The van der Waals surface area contributed by atoms with Crippen LogP contribution in [0.15, 0.2) is 0 Å². The van der Waals surface area contributed by atoms with Gasteiger partial charge in [-0.2, -0.15) is 0 Å². The third-order valence-corrected chi connectivity index (χ3v) is 2.93. The molecule has 0 radical (unpaired) electrons. The molecule has 1 rings (SSSR count). The number of carbonyl (C=O) groups is 1. The second-order valence-electron chi connectivity index (χ2n) is 4.17. The van der Waals surface area contributed by atoms with Gasteiger partial charge in [0.2, 0.25) is 5.91 Å². The summed E-state index contributed by atoms with van der Waals surface area (Å²) < 4.78 is 0. The van der Waals surface area contributed by atoms with E-state index < -0.39 is 5.54 Å². The van der Waals surface area contributed by atoms with Crippen molar-refractivity contribution in [1.82, 2.24) is 4.90 Å². The average Bonchev–Trinajstić information content (AvgIpc) is 2.96. The van der Waals surface area contributed by atoms with Crippen molar-refractivity contribution in [3.63, 3.8) is 0 Å². The van der Waals surface area contributed by atoms with Gasteiger partial charge in [0.1, 0.15) is 0 Å². The number of likely N-dealkylation sites (N-methyl/N-ethyl adjacent to an activating group) is 1. The minimum absolute atomic E-state index is 0.000324. The molecule has 1 saturated carbocycles. The average molecular weight is 200 g/mol. The van der Waals surface area contributed by atoms with Crippen molar-refractivity contribution < 1.29 is 9.90 Å². The summed E-state index contributed by atoms with van der Waals surface area (Å²) in [6, 6.07) is 0. The zero-order valence-electron chi connectivity index (χ0n) is 8.99. The van der Waals surface area contributed by atoms with Gasteiger partial charge in [-0.1, -0.05) is 0 Å². The molecule has 1 aliphatic carbocycles. The van der Waals surface area contributed by atoms with Crippen molar-refractivity contribution >= 4 is 5.91 Å². The van der Waals surface area contributed by atoms with Gasteiger partial charge >= 0.3 is 0 Å². The molecular formula is C10H20N2O2. The molecule has 0 aromatic carbocycles. The summed E-state index contributed by atoms with van der Waals surface area (Å²) in [7, 11) is 0. The highest BCUT2D eigenvalue weighted by Gasteiger charge is 2.45. The number of carbonyl (C=O) groups excluding carboxylic acids is 1. The normalized spacial score (nSPS) is 20.3. The van der Waals surface area contributed by atoms with Crippen molar-refractivity contribution in [3.05, 3.63) is 0 Å². The predicted octanol–water partition coefficient (Wildman–Crippen LogP) is -0.0454. The zero-order chi connectivity index (χ0) is 10.8. The zero-order valence-corrected chi connectivity index (χ0v) is 8.99. The molecule has 0 heterocycles. The predicted molar refractivity (Wildman–Crippen MR) is 54.7 cm³/mol. The first-order valence-electron chi connectivity index (χ1n) is 5.23. The van der Waals surface area contributed by atoms with E-state index >= 15 is 0 Å². The van der Waals surface area contributed by atoms with Gasteiger partial charge in [-0.3, -0.25) is 4.79 Å². The Hall–Kier alpha value is -0.610. The van der Waals surface area contributed by atoms with Crippen LogP contribution >= 0.6 is 0 Å². The first kappa shape index (κ1) is 11.5. The molecule has 82 valence electrons. The molecule has 0 bridgehead atoms. The highest BCUT2D eigenvalue weighted by molar-refractivity contribution is 5.86. The van der Waals surface area contributed by atoms with Gasteiger partial charge in [0.25, 0.3) is 0 Å². The Morgan fingerprint density at radius 1 is 1.64 bits per heavy atom. The quantitative estimate of drug-likeness (QED) is 0.654. The van der Waals surface area contributed by atoms with Crippen molar-refractivity contribution in [3.8, 4) is 0 Å². The molecule has 1 aliphatic rings. The maximum absolute atomic E-state index is 12.0. The number of amides is 1. The van der Waals surface area contributed by atoms with E-state index in [9.17, 15) is 4.79 Å².